The van der Waals surface area contributed by atoms with E-state index in [4.69, 9.17) is 19.9 Å². The van der Waals surface area contributed by atoms with Gasteiger partial charge in [0, 0.05) is 38.7 Å². The number of para-hydroxylation sites is 5. The largest absolute Gasteiger partial charge is 0.310 e. The highest BCUT2D eigenvalue weighted by Gasteiger charge is 2.26. The Bertz CT molecular complexity index is 2570. The van der Waals surface area contributed by atoms with Crippen molar-refractivity contribution in [1.29, 1.82) is 0 Å². The Kier molecular flexibility index (Phi) is 6.19. The highest BCUT2D eigenvalue weighted by molar-refractivity contribution is 6.02. The zero-order valence-corrected chi connectivity index (χ0v) is 28.6. The minimum absolute atomic E-state index is 0.181. The number of imidazole rings is 2. The summed E-state index contributed by atoms with van der Waals surface area (Å²) in [6, 6.07) is 40.2. The van der Waals surface area contributed by atoms with E-state index in [1.54, 1.807) is 0 Å². The molecule has 0 aliphatic heterocycles. The van der Waals surface area contributed by atoms with Gasteiger partial charge in [0.15, 0.2) is 0 Å². The molecule has 0 bridgehead atoms. The number of nitrogens with zero attached hydrogens (tertiary/aromatic N) is 7. The van der Waals surface area contributed by atoms with Gasteiger partial charge in [-0.3, -0.25) is 8.80 Å². The number of fused-ring (bicyclic) bond motifs is 10. The van der Waals surface area contributed by atoms with Crippen LogP contribution in [0.4, 0.5) is 17.1 Å². The van der Waals surface area contributed by atoms with Crippen molar-refractivity contribution in [2.24, 2.45) is 0 Å². The van der Waals surface area contributed by atoms with Gasteiger partial charge in [-0.25, -0.2) is 19.9 Å². The molecule has 0 spiro atoms. The summed E-state index contributed by atoms with van der Waals surface area (Å²) in [7, 11) is 0. The molecule has 49 heavy (non-hydrogen) atoms. The third kappa shape index (κ3) is 4.56. The van der Waals surface area contributed by atoms with E-state index in [0.717, 1.165) is 83.9 Å². The average molecular weight is 640 g/mol. The van der Waals surface area contributed by atoms with E-state index >= 15 is 0 Å². The molecule has 0 saturated heterocycles. The lowest BCUT2D eigenvalue weighted by Crippen LogP contribution is -2.19. The van der Waals surface area contributed by atoms with Gasteiger partial charge in [-0.15, -0.1) is 0 Å². The van der Waals surface area contributed by atoms with Gasteiger partial charge in [-0.05, 0) is 72.8 Å². The van der Waals surface area contributed by atoms with Crippen LogP contribution in [0, 0.1) is 0 Å². The van der Waals surface area contributed by atoms with Gasteiger partial charge in [0.05, 0.1) is 33.1 Å². The minimum atomic E-state index is -0.181. The van der Waals surface area contributed by atoms with Crippen LogP contribution in [0.5, 0.6) is 0 Å². The number of hydrogen-bond donors (Lipinski definition) is 0. The Morgan fingerprint density at radius 2 is 0.857 bits per heavy atom. The predicted molar refractivity (Wildman–Crippen MR) is 202 cm³/mol. The summed E-state index contributed by atoms with van der Waals surface area (Å²) < 4.78 is 4.48. The first-order chi connectivity index (χ1) is 23.6. The molecular formula is C42H37N7. The van der Waals surface area contributed by atoms with Crippen LogP contribution in [0.15, 0.2) is 115 Å². The van der Waals surface area contributed by atoms with E-state index in [1.165, 1.54) is 0 Å². The monoisotopic (exact) mass is 639 g/mol. The highest BCUT2D eigenvalue weighted by Crippen LogP contribution is 2.40. The molecule has 7 heteroatoms. The molecule has 9 aromatic rings. The van der Waals surface area contributed by atoms with Crippen LogP contribution in [0.2, 0.25) is 0 Å². The molecule has 0 fully saturated rings. The lowest BCUT2D eigenvalue weighted by Gasteiger charge is -2.27. The fourth-order valence-corrected chi connectivity index (χ4v) is 7.08. The van der Waals surface area contributed by atoms with E-state index in [0.29, 0.717) is 0 Å². The van der Waals surface area contributed by atoms with Gasteiger partial charge in [-0.2, -0.15) is 0 Å². The van der Waals surface area contributed by atoms with Crippen LogP contribution in [-0.4, -0.2) is 28.7 Å². The topological polar surface area (TPSA) is 63.6 Å². The number of benzene rings is 5. The molecule has 7 nitrogen and oxygen atoms in total. The van der Waals surface area contributed by atoms with Crippen molar-refractivity contribution in [3.05, 3.63) is 127 Å². The maximum atomic E-state index is 5.25. The molecule has 0 radical (unpaired) electrons. The molecule has 9 rings (SSSR count). The smallest absolute Gasteiger partial charge is 0.148 e. The Morgan fingerprint density at radius 1 is 0.429 bits per heavy atom. The van der Waals surface area contributed by atoms with Crippen LogP contribution in [0.3, 0.4) is 0 Å². The van der Waals surface area contributed by atoms with Gasteiger partial charge >= 0.3 is 0 Å². The second-order valence-corrected chi connectivity index (χ2v) is 15.0. The van der Waals surface area contributed by atoms with Gasteiger partial charge in [-0.1, -0.05) is 84.0 Å². The average Bonchev–Trinajstić information content (AvgIpc) is 3.67. The quantitative estimate of drug-likeness (QED) is 0.192. The molecule has 4 aromatic heterocycles. The second kappa shape index (κ2) is 10.3. The number of anilines is 3. The van der Waals surface area contributed by atoms with Crippen molar-refractivity contribution in [1.82, 2.24) is 28.7 Å². The fourth-order valence-electron chi connectivity index (χ4n) is 7.08. The van der Waals surface area contributed by atoms with Crippen LogP contribution in [0.25, 0.3) is 55.2 Å². The van der Waals surface area contributed by atoms with E-state index < -0.39 is 0 Å². The molecule has 0 atom stereocenters. The van der Waals surface area contributed by atoms with Gasteiger partial charge in [0.25, 0.3) is 0 Å². The molecule has 0 amide bonds. The standard InChI is InChI=1S/C42H37N7/c1-41(2,3)39-45-31-22-20-27(24-29(31)37-43-33-16-10-12-18-35(33)48(37)39)47(26-14-8-7-9-15-26)28-21-23-32-30(25-28)38-44-34-17-11-13-19-36(34)49(38)40(46-32)42(4,5)6/h7-25H,1-6H3. The Hall–Kier alpha value is -5.82. The van der Waals surface area contributed by atoms with E-state index in [9.17, 15) is 0 Å². The van der Waals surface area contributed by atoms with E-state index in [-0.39, 0.29) is 10.8 Å². The van der Waals surface area contributed by atoms with Crippen molar-refractivity contribution < 1.29 is 0 Å². The minimum Gasteiger partial charge on any atom is -0.310 e. The van der Waals surface area contributed by atoms with Crippen LogP contribution in [-0.2, 0) is 10.8 Å². The van der Waals surface area contributed by atoms with Gasteiger partial charge in [0.1, 0.15) is 22.9 Å². The maximum absolute atomic E-state index is 5.25. The normalized spacial score (nSPS) is 12.7. The summed E-state index contributed by atoms with van der Waals surface area (Å²) in [6.45, 7) is 13.2. The zero-order valence-electron chi connectivity index (χ0n) is 28.6. The molecule has 240 valence electrons. The third-order valence-electron chi connectivity index (χ3n) is 9.31. The molecular weight excluding hydrogens is 603 g/mol. The first-order valence-electron chi connectivity index (χ1n) is 16.8. The van der Waals surface area contributed by atoms with E-state index in [2.05, 4.69) is 158 Å². The molecule has 4 heterocycles. The predicted octanol–water partition coefficient (Wildman–Crippen LogP) is 10.4. The maximum Gasteiger partial charge on any atom is 0.148 e. The Balaban J connectivity index is 1.32. The molecule has 0 saturated carbocycles. The van der Waals surface area contributed by atoms with Gasteiger partial charge < -0.3 is 4.90 Å². The lowest BCUT2D eigenvalue weighted by atomic mass is 9.95. The van der Waals surface area contributed by atoms with Crippen molar-refractivity contribution >= 4 is 72.2 Å². The summed E-state index contributed by atoms with van der Waals surface area (Å²) in [5.41, 5.74) is 10.4. The summed E-state index contributed by atoms with van der Waals surface area (Å²) in [5.74, 6) is 1.98. The molecule has 0 aliphatic rings. The summed E-state index contributed by atoms with van der Waals surface area (Å²) in [4.78, 5) is 23.1. The molecule has 5 aromatic carbocycles. The van der Waals surface area contributed by atoms with Crippen molar-refractivity contribution in [3.8, 4) is 0 Å². The SMILES string of the molecule is CC(C)(C)c1nc2ccc(N(c3ccccc3)c3ccc4nc(C(C)(C)C)n5c6ccccc6nc5c4c3)cc2c2nc3ccccc3n12. The summed E-state index contributed by atoms with van der Waals surface area (Å²) >= 11 is 0. The van der Waals surface area contributed by atoms with Crippen LogP contribution >= 0.6 is 0 Å². The fraction of sp³-hybridized carbons (Fsp3) is 0.190. The molecule has 0 aliphatic carbocycles. The molecule has 0 N–H and O–H groups in total. The number of aromatic nitrogens is 6. The van der Waals surface area contributed by atoms with Gasteiger partial charge in [0.2, 0.25) is 0 Å². The zero-order chi connectivity index (χ0) is 33.7. The molecule has 0 unspecified atom stereocenters. The van der Waals surface area contributed by atoms with Crippen molar-refractivity contribution in [3.63, 3.8) is 0 Å². The van der Waals surface area contributed by atoms with Crippen molar-refractivity contribution in [2.75, 3.05) is 4.90 Å². The third-order valence-corrected chi connectivity index (χ3v) is 9.31. The Morgan fingerprint density at radius 3 is 1.31 bits per heavy atom. The summed E-state index contributed by atoms with van der Waals surface area (Å²) in [5, 5.41) is 2.00. The number of hydrogen-bond acceptors (Lipinski definition) is 5. The summed E-state index contributed by atoms with van der Waals surface area (Å²) in [6.07, 6.45) is 0. The first kappa shape index (κ1) is 29.3. The van der Waals surface area contributed by atoms with Crippen LogP contribution in [0.1, 0.15) is 53.2 Å². The first-order valence-corrected chi connectivity index (χ1v) is 16.8. The highest BCUT2D eigenvalue weighted by atomic mass is 15.2. The van der Waals surface area contributed by atoms with Crippen LogP contribution < -0.4 is 4.90 Å². The van der Waals surface area contributed by atoms with Crippen molar-refractivity contribution in [2.45, 2.75) is 52.4 Å². The number of rotatable bonds is 3. The second-order valence-electron chi connectivity index (χ2n) is 15.0. The van der Waals surface area contributed by atoms with E-state index in [1.807, 2.05) is 12.1 Å². The Labute approximate surface area is 284 Å². The lowest BCUT2D eigenvalue weighted by molar-refractivity contribution is 0.542.